The zero-order valence-corrected chi connectivity index (χ0v) is 11.6. The van der Waals surface area contributed by atoms with Crippen LogP contribution >= 0.6 is 0 Å². The van der Waals surface area contributed by atoms with Crippen molar-refractivity contribution in [2.45, 2.75) is 25.8 Å². The number of rotatable bonds is 3. The summed E-state index contributed by atoms with van der Waals surface area (Å²) in [5.74, 6) is 1.43. The van der Waals surface area contributed by atoms with E-state index >= 15 is 0 Å². The Morgan fingerprint density at radius 2 is 2.50 bits per heavy atom. The van der Waals surface area contributed by atoms with Gasteiger partial charge >= 0.3 is 5.97 Å². The van der Waals surface area contributed by atoms with Gasteiger partial charge in [0, 0.05) is 13.1 Å². The first-order valence-corrected chi connectivity index (χ1v) is 6.97. The average Bonchev–Trinajstić information content (AvgIpc) is 3.11. The minimum atomic E-state index is -0.320. The van der Waals surface area contributed by atoms with Crippen LogP contribution in [-0.2, 0) is 16.1 Å². The van der Waals surface area contributed by atoms with Gasteiger partial charge in [0.25, 0.3) is 0 Å². The predicted molar refractivity (Wildman–Crippen MR) is 70.5 cm³/mol. The number of hydrogen-bond donors (Lipinski definition) is 0. The number of esters is 1. The Kier molecular flexibility index (Phi) is 3.27. The molecule has 1 aliphatic heterocycles. The zero-order valence-electron chi connectivity index (χ0n) is 11.6. The van der Waals surface area contributed by atoms with Crippen molar-refractivity contribution in [2.75, 3.05) is 20.2 Å². The molecule has 2 fully saturated rings. The molecule has 0 spiro atoms. The normalized spacial score (nSPS) is 29.1. The maximum Gasteiger partial charge on any atom is 0.313 e. The fourth-order valence-corrected chi connectivity index (χ4v) is 3.79. The molecule has 5 nitrogen and oxygen atoms in total. The molecule has 0 bridgehead atoms. The van der Waals surface area contributed by atoms with Gasteiger partial charge in [0.1, 0.15) is 11.8 Å². The van der Waals surface area contributed by atoms with Gasteiger partial charge < -0.3 is 9.15 Å². The fourth-order valence-electron chi connectivity index (χ4n) is 3.79. The molecule has 5 heteroatoms. The maximum absolute atomic E-state index is 12.2. The summed E-state index contributed by atoms with van der Waals surface area (Å²) in [6, 6.07) is 5.50. The van der Waals surface area contributed by atoms with Gasteiger partial charge in [-0.05, 0) is 30.9 Å². The molecule has 2 atom stereocenters. The summed E-state index contributed by atoms with van der Waals surface area (Å²) in [6.07, 6.45) is 3.11. The van der Waals surface area contributed by atoms with E-state index in [0.29, 0.717) is 18.2 Å². The first kappa shape index (κ1) is 13.2. The van der Waals surface area contributed by atoms with Gasteiger partial charge in [0.05, 0.1) is 19.1 Å². The molecule has 0 unspecified atom stereocenters. The number of carbonyl (C=O) groups is 1. The van der Waals surface area contributed by atoms with Crippen LogP contribution in [0.15, 0.2) is 16.5 Å². The lowest BCUT2D eigenvalue weighted by molar-refractivity contribution is -0.153. The Bertz CT molecular complexity index is 560. The summed E-state index contributed by atoms with van der Waals surface area (Å²) in [5.41, 5.74) is -0.320. The minimum absolute atomic E-state index is 0.0698. The lowest BCUT2D eigenvalue weighted by Crippen LogP contribution is -2.36. The van der Waals surface area contributed by atoms with Crippen molar-refractivity contribution in [3.8, 4) is 6.07 Å². The number of furan rings is 1. The van der Waals surface area contributed by atoms with Crippen molar-refractivity contribution in [1.82, 2.24) is 4.90 Å². The standard InChI is InChI=1S/C15H18N2O3/c1-19-14(18)15-6-2-3-11(15)8-17(10-15)9-13-5-4-12(7-16)20-13/h4-5,11H,2-3,6,8-10H2,1H3/t11-,15+/m0/s1. The lowest BCUT2D eigenvalue weighted by atomic mass is 9.81. The summed E-state index contributed by atoms with van der Waals surface area (Å²) in [7, 11) is 1.47. The molecule has 0 N–H and O–H groups in total. The van der Waals surface area contributed by atoms with E-state index in [1.54, 1.807) is 6.07 Å². The van der Waals surface area contributed by atoms with E-state index in [-0.39, 0.29) is 11.4 Å². The Hall–Kier alpha value is -1.80. The molecule has 1 saturated heterocycles. The van der Waals surface area contributed by atoms with Crippen molar-refractivity contribution in [2.24, 2.45) is 11.3 Å². The van der Waals surface area contributed by atoms with Gasteiger partial charge in [-0.1, -0.05) is 6.42 Å². The molecule has 106 valence electrons. The van der Waals surface area contributed by atoms with Gasteiger partial charge in [-0.15, -0.1) is 0 Å². The monoisotopic (exact) mass is 274 g/mol. The second-order valence-corrected chi connectivity index (χ2v) is 5.78. The van der Waals surface area contributed by atoms with Crippen molar-refractivity contribution in [1.29, 1.82) is 5.26 Å². The van der Waals surface area contributed by atoms with Crippen LogP contribution < -0.4 is 0 Å². The highest BCUT2D eigenvalue weighted by Crippen LogP contribution is 2.49. The third-order valence-electron chi connectivity index (χ3n) is 4.68. The van der Waals surface area contributed by atoms with Crippen LogP contribution in [0.3, 0.4) is 0 Å². The van der Waals surface area contributed by atoms with Crippen molar-refractivity contribution in [3.63, 3.8) is 0 Å². The van der Waals surface area contributed by atoms with Crippen molar-refractivity contribution < 1.29 is 13.9 Å². The summed E-state index contributed by atoms with van der Waals surface area (Å²) in [4.78, 5) is 14.4. The Balaban J connectivity index is 1.72. The molecular formula is C15H18N2O3. The van der Waals surface area contributed by atoms with Gasteiger partial charge in [-0.2, -0.15) is 5.26 Å². The van der Waals surface area contributed by atoms with Gasteiger partial charge in [-0.25, -0.2) is 0 Å². The number of nitriles is 1. The minimum Gasteiger partial charge on any atom is -0.469 e. The van der Waals surface area contributed by atoms with Gasteiger partial charge in [-0.3, -0.25) is 9.69 Å². The molecule has 2 heterocycles. The number of ether oxygens (including phenoxy) is 1. The number of methoxy groups -OCH3 is 1. The van der Waals surface area contributed by atoms with Crippen molar-refractivity contribution in [3.05, 3.63) is 23.7 Å². The molecule has 20 heavy (non-hydrogen) atoms. The van der Waals surface area contributed by atoms with E-state index in [1.807, 2.05) is 12.1 Å². The largest absolute Gasteiger partial charge is 0.469 e. The molecule has 1 aromatic rings. The molecule has 1 aromatic heterocycles. The Labute approximate surface area is 118 Å². The molecule has 1 aliphatic carbocycles. The molecule has 0 radical (unpaired) electrons. The fraction of sp³-hybridized carbons (Fsp3) is 0.600. The third-order valence-corrected chi connectivity index (χ3v) is 4.68. The molecule has 0 aromatic carbocycles. The number of likely N-dealkylation sites (tertiary alicyclic amines) is 1. The molecular weight excluding hydrogens is 256 g/mol. The number of hydrogen-bond acceptors (Lipinski definition) is 5. The number of carbonyl (C=O) groups excluding carboxylic acids is 1. The van der Waals surface area contributed by atoms with Crippen LogP contribution in [0.25, 0.3) is 0 Å². The first-order valence-electron chi connectivity index (χ1n) is 6.97. The van der Waals surface area contributed by atoms with E-state index in [0.717, 1.165) is 38.1 Å². The van der Waals surface area contributed by atoms with E-state index < -0.39 is 0 Å². The average molecular weight is 274 g/mol. The zero-order chi connectivity index (χ0) is 14.2. The highest BCUT2D eigenvalue weighted by molar-refractivity contribution is 5.78. The van der Waals surface area contributed by atoms with Crippen molar-refractivity contribution >= 4 is 5.97 Å². The maximum atomic E-state index is 12.2. The summed E-state index contributed by atoms with van der Waals surface area (Å²) >= 11 is 0. The van der Waals surface area contributed by atoms with Gasteiger partial charge in [0.2, 0.25) is 5.76 Å². The van der Waals surface area contributed by atoms with Crippen LogP contribution in [0.4, 0.5) is 0 Å². The quantitative estimate of drug-likeness (QED) is 0.788. The Morgan fingerprint density at radius 1 is 1.65 bits per heavy atom. The summed E-state index contributed by atoms with van der Waals surface area (Å²) in [5, 5.41) is 8.77. The highest BCUT2D eigenvalue weighted by atomic mass is 16.5. The molecule has 2 aliphatic rings. The van der Waals surface area contributed by atoms with Crippen LogP contribution in [0.2, 0.25) is 0 Å². The molecule has 3 rings (SSSR count). The smallest absolute Gasteiger partial charge is 0.313 e. The third kappa shape index (κ3) is 2.01. The second kappa shape index (κ2) is 4.95. The number of nitrogens with zero attached hydrogens (tertiary/aromatic N) is 2. The lowest BCUT2D eigenvalue weighted by Gasteiger charge is -2.25. The topological polar surface area (TPSA) is 66.5 Å². The summed E-state index contributed by atoms with van der Waals surface area (Å²) in [6.45, 7) is 2.28. The highest BCUT2D eigenvalue weighted by Gasteiger charge is 2.55. The second-order valence-electron chi connectivity index (χ2n) is 5.78. The molecule has 1 saturated carbocycles. The van der Waals surface area contributed by atoms with Crippen LogP contribution in [-0.4, -0.2) is 31.1 Å². The van der Waals surface area contributed by atoms with Crippen LogP contribution in [0.5, 0.6) is 0 Å². The Morgan fingerprint density at radius 3 is 3.20 bits per heavy atom. The van der Waals surface area contributed by atoms with Crippen LogP contribution in [0.1, 0.15) is 30.8 Å². The van der Waals surface area contributed by atoms with E-state index in [4.69, 9.17) is 14.4 Å². The van der Waals surface area contributed by atoms with E-state index in [1.165, 1.54) is 7.11 Å². The van der Waals surface area contributed by atoms with Crippen LogP contribution in [0, 0.1) is 22.7 Å². The first-order chi connectivity index (χ1) is 9.68. The number of fused-ring (bicyclic) bond motifs is 1. The summed E-state index contributed by atoms with van der Waals surface area (Å²) < 4.78 is 10.4. The van der Waals surface area contributed by atoms with Gasteiger partial charge in [0.15, 0.2) is 0 Å². The predicted octanol–water partition coefficient (Wildman–Crippen LogP) is 1.93. The van der Waals surface area contributed by atoms with E-state index in [2.05, 4.69) is 4.90 Å². The SMILES string of the molecule is COC(=O)[C@@]12CCC[C@H]1CN(Cc1ccc(C#N)o1)C2. The van der Waals surface area contributed by atoms with E-state index in [9.17, 15) is 4.79 Å². The molecule has 0 amide bonds.